The molecule has 0 saturated carbocycles. The van der Waals surface area contributed by atoms with E-state index in [1.54, 1.807) is 0 Å². The summed E-state index contributed by atoms with van der Waals surface area (Å²) in [6.07, 6.45) is 2.10. The molecule has 0 radical (unpaired) electrons. The maximum Gasteiger partial charge on any atom is 0.287 e. The van der Waals surface area contributed by atoms with E-state index in [2.05, 4.69) is 15.8 Å². The topological polar surface area (TPSA) is 97.2 Å². The molecule has 1 aromatic heterocycles. The van der Waals surface area contributed by atoms with Crippen LogP contribution >= 0.6 is 0 Å². The van der Waals surface area contributed by atoms with Gasteiger partial charge in [-0.1, -0.05) is 29.8 Å². The van der Waals surface area contributed by atoms with Crippen LogP contribution in [0.4, 0.5) is 11.5 Å². The van der Waals surface area contributed by atoms with Gasteiger partial charge >= 0.3 is 0 Å². The van der Waals surface area contributed by atoms with E-state index >= 15 is 0 Å². The molecule has 0 aliphatic carbocycles. The fraction of sp³-hybridized carbons (Fsp3) is 0.200. The maximum absolute atomic E-state index is 11.7. The molecule has 1 amide bonds. The summed E-state index contributed by atoms with van der Waals surface area (Å²) in [5.74, 6) is 0.162. The number of anilines is 1. The van der Waals surface area contributed by atoms with Crippen LogP contribution in [0.15, 0.2) is 42.6 Å². The highest BCUT2D eigenvalue weighted by Crippen LogP contribution is 2.11. The number of carbonyl (C=O) groups excluding carboxylic acids is 1. The molecule has 2 N–H and O–H groups in total. The van der Waals surface area contributed by atoms with Crippen molar-refractivity contribution in [3.8, 4) is 0 Å². The number of nitro groups is 1. The number of aryl methyl sites for hydroxylation is 2. The zero-order valence-corrected chi connectivity index (χ0v) is 12.1. The number of nitrogens with zero attached hydrogens (tertiary/aromatic N) is 2. The van der Waals surface area contributed by atoms with E-state index in [4.69, 9.17) is 0 Å². The van der Waals surface area contributed by atoms with Crippen LogP contribution in [-0.2, 0) is 11.2 Å². The van der Waals surface area contributed by atoms with Crippen molar-refractivity contribution < 1.29 is 9.72 Å². The number of carbonyl (C=O) groups is 1. The summed E-state index contributed by atoms with van der Waals surface area (Å²) < 4.78 is 0. The van der Waals surface area contributed by atoms with Crippen molar-refractivity contribution in [2.45, 2.75) is 19.8 Å². The van der Waals surface area contributed by atoms with Gasteiger partial charge in [0.15, 0.2) is 0 Å². The molecule has 114 valence electrons. The van der Waals surface area contributed by atoms with Gasteiger partial charge in [-0.3, -0.25) is 25.8 Å². The van der Waals surface area contributed by atoms with Crippen LogP contribution < -0.4 is 10.9 Å². The van der Waals surface area contributed by atoms with Crippen LogP contribution in [0.25, 0.3) is 0 Å². The normalized spacial score (nSPS) is 10.0. The van der Waals surface area contributed by atoms with Crippen LogP contribution in [0.2, 0.25) is 0 Å². The maximum atomic E-state index is 11.7. The van der Waals surface area contributed by atoms with Crippen molar-refractivity contribution in [2.75, 3.05) is 5.43 Å². The van der Waals surface area contributed by atoms with Crippen LogP contribution in [0.3, 0.4) is 0 Å². The molecule has 22 heavy (non-hydrogen) atoms. The van der Waals surface area contributed by atoms with Crippen LogP contribution in [0.5, 0.6) is 0 Å². The quantitative estimate of drug-likeness (QED) is 0.630. The van der Waals surface area contributed by atoms with E-state index in [0.29, 0.717) is 18.7 Å². The molecule has 0 unspecified atom stereocenters. The Kier molecular flexibility index (Phi) is 5.02. The second-order valence-electron chi connectivity index (χ2n) is 4.82. The molecule has 0 aliphatic heterocycles. The summed E-state index contributed by atoms with van der Waals surface area (Å²) in [5.41, 5.74) is 7.30. The van der Waals surface area contributed by atoms with Gasteiger partial charge in [0.2, 0.25) is 5.91 Å². The number of amides is 1. The Morgan fingerprint density at radius 1 is 1.23 bits per heavy atom. The van der Waals surface area contributed by atoms with Crippen molar-refractivity contribution in [2.24, 2.45) is 0 Å². The SMILES string of the molecule is Cc1ccc(CCC(=O)NNc2ccc([N+](=O)[O-])cn2)cc1. The molecule has 0 saturated heterocycles. The van der Waals surface area contributed by atoms with E-state index in [1.807, 2.05) is 31.2 Å². The third-order valence-electron chi connectivity index (χ3n) is 3.05. The first kappa shape index (κ1) is 15.4. The number of rotatable bonds is 6. The number of pyridine rings is 1. The summed E-state index contributed by atoms with van der Waals surface area (Å²) in [4.78, 5) is 25.5. The van der Waals surface area contributed by atoms with Crippen LogP contribution in [0.1, 0.15) is 17.5 Å². The van der Waals surface area contributed by atoms with Gasteiger partial charge in [0, 0.05) is 12.5 Å². The molecule has 2 rings (SSSR count). The van der Waals surface area contributed by atoms with Crippen LogP contribution in [0, 0.1) is 17.0 Å². The minimum Gasteiger partial charge on any atom is -0.282 e. The molecule has 7 heteroatoms. The Morgan fingerprint density at radius 3 is 2.55 bits per heavy atom. The summed E-state index contributed by atoms with van der Waals surface area (Å²) in [6.45, 7) is 2.01. The Morgan fingerprint density at radius 2 is 1.95 bits per heavy atom. The predicted molar refractivity (Wildman–Crippen MR) is 82.2 cm³/mol. The monoisotopic (exact) mass is 300 g/mol. The second-order valence-corrected chi connectivity index (χ2v) is 4.82. The van der Waals surface area contributed by atoms with Gasteiger partial charge < -0.3 is 0 Å². The number of hydrogen-bond acceptors (Lipinski definition) is 5. The molecule has 0 fully saturated rings. The lowest BCUT2D eigenvalue weighted by atomic mass is 10.1. The average Bonchev–Trinajstić information content (AvgIpc) is 2.52. The lowest BCUT2D eigenvalue weighted by Crippen LogP contribution is -2.29. The minimum atomic E-state index is -0.531. The van der Waals surface area contributed by atoms with Crippen molar-refractivity contribution in [1.29, 1.82) is 0 Å². The van der Waals surface area contributed by atoms with Crippen molar-refractivity contribution >= 4 is 17.4 Å². The van der Waals surface area contributed by atoms with Crippen molar-refractivity contribution in [1.82, 2.24) is 10.4 Å². The number of benzene rings is 1. The number of hydrogen-bond donors (Lipinski definition) is 2. The fourth-order valence-corrected chi connectivity index (χ4v) is 1.78. The first-order valence-electron chi connectivity index (χ1n) is 6.75. The average molecular weight is 300 g/mol. The fourth-order valence-electron chi connectivity index (χ4n) is 1.78. The van der Waals surface area contributed by atoms with Crippen LogP contribution in [-0.4, -0.2) is 15.8 Å². The highest BCUT2D eigenvalue weighted by molar-refractivity contribution is 5.77. The summed E-state index contributed by atoms with van der Waals surface area (Å²) in [6, 6.07) is 10.7. The van der Waals surface area contributed by atoms with Gasteiger partial charge in [0.1, 0.15) is 12.0 Å². The Balaban J connectivity index is 1.77. The molecular weight excluding hydrogens is 284 g/mol. The third-order valence-corrected chi connectivity index (χ3v) is 3.05. The van der Waals surface area contributed by atoms with E-state index in [0.717, 1.165) is 11.8 Å². The Labute approximate surface area is 127 Å². The lowest BCUT2D eigenvalue weighted by molar-refractivity contribution is -0.385. The summed E-state index contributed by atoms with van der Waals surface area (Å²) >= 11 is 0. The van der Waals surface area contributed by atoms with Gasteiger partial charge in [0.05, 0.1) is 4.92 Å². The molecular formula is C15H16N4O3. The third kappa shape index (κ3) is 4.55. The highest BCUT2D eigenvalue weighted by Gasteiger charge is 2.06. The van der Waals surface area contributed by atoms with E-state index in [1.165, 1.54) is 17.7 Å². The standard InChI is InChI=1S/C15H16N4O3/c1-11-2-4-12(5-3-11)6-9-15(20)18-17-14-8-7-13(10-16-14)19(21)22/h2-5,7-8,10H,6,9H2,1H3,(H,16,17)(H,18,20). The summed E-state index contributed by atoms with van der Waals surface area (Å²) in [7, 11) is 0. The molecule has 0 spiro atoms. The first-order chi connectivity index (χ1) is 10.5. The highest BCUT2D eigenvalue weighted by atomic mass is 16.6. The van der Waals surface area contributed by atoms with Crippen molar-refractivity contribution in [3.63, 3.8) is 0 Å². The van der Waals surface area contributed by atoms with E-state index < -0.39 is 4.92 Å². The second kappa shape index (κ2) is 7.16. The van der Waals surface area contributed by atoms with Gasteiger partial charge in [0.25, 0.3) is 5.69 Å². The lowest BCUT2D eigenvalue weighted by Gasteiger charge is -2.07. The Bertz CT molecular complexity index is 653. The Hall–Kier alpha value is -2.96. The van der Waals surface area contributed by atoms with E-state index in [-0.39, 0.29) is 11.6 Å². The molecule has 2 aromatic rings. The zero-order chi connectivity index (χ0) is 15.9. The zero-order valence-electron chi connectivity index (χ0n) is 12.1. The molecule has 7 nitrogen and oxygen atoms in total. The molecule has 0 aliphatic rings. The van der Waals surface area contributed by atoms with Gasteiger partial charge in [-0.25, -0.2) is 4.98 Å². The van der Waals surface area contributed by atoms with Gasteiger partial charge in [-0.2, -0.15) is 0 Å². The largest absolute Gasteiger partial charge is 0.287 e. The summed E-state index contributed by atoms with van der Waals surface area (Å²) in [5, 5.41) is 10.5. The minimum absolute atomic E-state index is 0.101. The molecule has 1 heterocycles. The first-order valence-corrected chi connectivity index (χ1v) is 6.75. The van der Waals surface area contributed by atoms with Crippen molar-refractivity contribution in [3.05, 3.63) is 63.8 Å². The molecule has 0 atom stereocenters. The van der Waals surface area contributed by atoms with Gasteiger partial charge in [-0.05, 0) is 25.0 Å². The van der Waals surface area contributed by atoms with Gasteiger partial charge in [-0.15, -0.1) is 0 Å². The number of nitrogens with one attached hydrogen (secondary N) is 2. The molecule has 0 bridgehead atoms. The molecule has 1 aromatic carbocycles. The predicted octanol–water partition coefficient (Wildman–Crippen LogP) is 2.37. The number of aromatic nitrogens is 1. The van der Waals surface area contributed by atoms with E-state index in [9.17, 15) is 14.9 Å². The number of hydrazine groups is 1. The smallest absolute Gasteiger partial charge is 0.282 e.